The fraction of sp³-hybridized carbons (Fsp3) is 0.500. The number of benzene rings is 1. The number of likely N-dealkylation sites (tertiary alicyclic amines) is 1. The summed E-state index contributed by atoms with van der Waals surface area (Å²) in [7, 11) is 0. The highest BCUT2D eigenvalue weighted by molar-refractivity contribution is 5.74. The van der Waals surface area contributed by atoms with Crippen molar-refractivity contribution in [2.45, 2.75) is 38.6 Å². The number of urea groups is 1. The first kappa shape index (κ1) is 17.4. The lowest BCUT2D eigenvalue weighted by Crippen LogP contribution is -2.44. The quantitative estimate of drug-likeness (QED) is 0.836. The van der Waals surface area contributed by atoms with E-state index in [4.69, 9.17) is 4.52 Å². The number of amides is 2. The molecule has 1 aliphatic heterocycles. The van der Waals surface area contributed by atoms with Crippen LogP contribution >= 0.6 is 0 Å². The zero-order valence-electron chi connectivity index (χ0n) is 14.4. The highest BCUT2D eigenvalue weighted by atomic mass is 16.5. The SMILES string of the molecule is CCc1noc(-c2ccc(CCNC(=O)N3CCCC3CO)cc2)n1. The van der Waals surface area contributed by atoms with Crippen molar-refractivity contribution in [3.05, 3.63) is 35.7 Å². The van der Waals surface area contributed by atoms with Crippen LogP contribution in [-0.4, -0.2) is 51.9 Å². The van der Waals surface area contributed by atoms with E-state index in [0.717, 1.165) is 43.4 Å². The molecule has 1 unspecified atom stereocenters. The Morgan fingerprint density at radius 2 is 2.20 bits per heavy atom. The Hall–Kier alpha value is -2.41. The average molecular weight is 344 g/mol. The van der Waals surface area contributed by atoms with Crippen LogP contribution in [0.15, 0.2) is 28.8 Å². The minimum Gasteiger partial charge on any atom is -0.394 e. The van der Waals surface area contributed by atoms with Gasteiger partial charge in [0.1, 0.15) is 0 Å². The molecule has 1 saturated heterocycles. The summed E-state index contributed by atoms with van der Waals surface area (Å²) in [6.45, 7) is 3.30. The van der Waals surface area contributed by atoms with Crippen LogP contribution in [0.3, 0.4) is 0 Å². The predicted molar refractivity (Wildman–Crippen MR) is 93.0 cm³/mol. The van der Waals surface area contributed by atoms with Gasteiger partial charge in [-0.25, -0.2) is 4.79 Å². The maximum Gasteiger partial charge on any atom is 0.317 e. The molecule has 0 bridgehead atoms. The number of aliphatic hydroxyl groups excluding tert-OH is 1. The standard InChI is InChI=1S/C18H24N4O3/c1-2-16-20-17(25-21-16)14-7-5-13(6-8-14)9-10-19-18(24)22-11-3-4-15(22)12-23/h5-8,15,23H,2-4,9-12H2,1H3,(H,19,24). The van der Waals surface area contributed by atoms with Gasteiger partial charge in [0, 0.05) is 25.1 Å². The van der Waals surface area contributed by atoms with E-state index in [9.17, 15) is 9.90 Å². The largest absolute Gasteiger partial charge is 0.394 e. The van der Waals surface area contributed by atoms with Gasteiger partial charge in [-0.3, -0.25) is 0 Å². The van der Waals surface area contributed by atoms with Crippen LogP contribution in [0.2, 0.25) is 0 Å². The van der Waals surface area contributed by atoms with Crippen LogP contribution in [0.5, 0.6) is 0 Å². The van der Waals surface area contributed by atoms with Crippen LogP contribution in [-0.2, 0) is 12.8 Å². The van der Waals surface area contributed by atoms with Crippen molar-refractivity contribution in [1.82, 2.24) is 20.4 Å². The van der Waals surface area contributed by atoms with Crippen LogP contribution in [0.4, 0.5) is 4.79 Å². The second kappa shape index (κ2) is 8.11. The average Bonchev–Trinajstić information content (AvgIpc) is 3.31. The Kier molecular flexibility index (Phi) is 5.65. The number of nitrogens with zero attached hydrogens (tertiary/aromatic N) is 3. The lowest BCUT2D eigenvalue weighted by molar-refractivity contribution is 0.157. The Balaban J connectivity index is 1.49. The molecule has 1 aliphatic rings. The molecule has 1 aromatic carbocycles. The second-order valence-corrected chi connectivity index (χ2v) is 6.22. The van der Waals surface area contributed by atoms with Gasteiger partial charge in [0.05, 0.1) is 12.6 Å². The number of hydrogen-bond donors (Lipinski definition) is 2. The normalized spacial score (nSPS) is 17.0. The molecule has 25 heavy (non-hydrogen) atoms. The number of carbonyl (C=O) groups is 1. The van der Waals surface area contributed by atoms with Gasteiger partial charge in [-0.15, -0.1) is 0 Å². The molecule has 2 N–H and O–H groups in total. The van der Waals surface area contributed by atoms with E-state index in [1.165, 1.54) is 0 Å². The number of aliphatic hydroxyl groups is 1. The molecule has 7 nitrogen and oxygen atoms in total. The highest BCUT2D eigenvalue weighted by Gasteiger charge is 2.27. The fourth-order valence-corrected chi connectivity index (χ4v) is 3.04. The number of hydrogen-bond acceptors (Lipinski definition) is 5. The summed E-state index contributed by atoms with van der Waals surface area (Å²) < 4.78 is 5.23. The lowest BCUT2D eigenvalue weighted by atomic mass is 10.1. The summed E-state index contributed by atoms with van der Waals surface area (Å²) in [5, 5.41) is 16.1. The second-order valence-electron chi connectivity index (χ2n) is 6.22. The Morgan fingerprint density at radius 3 is 2.88 bits per heavy atom. The molecule has 0 spiro atoms. The summed E-state index contributed by atoms with van der Waals surface area (Å²) in [6.07, 6.45) is 3.32. The van der Waals surface area contributed by atoms with Crippen LogP contribution in [0.25, 0.3) is 11.5 Å². The Morgan fingerprint density at radius 1 is 1.40 bits per heavy atom. The first-order valence-corrected chi connectivity index (χ1v) is 8.78. The summed E-state index contributed by atoms with van der Waals surface area (Å²) in [5.41, 5.74) is 2.02. The smallest absolute Gasteiger partial charge is 0.317 e. The van der Waals surface area contributed by atoms with Gasteiger partial charge < -0.3 is 19.8 Å². The van der Waals surface area contributed by atoms with Crippen molar-refractivity contribution in [2.75, 3.05) is 19.7 Å². The Bertz CT molecular complexity index is 699. The highest BCUT2D eigenvalue weighted by Crippen LogP contribution is 2.18. The van der Waals surface area contributed by atoms with Crippen molar-refractivity contribution in [3.63, 3.8) is 0 Å². The van der Waals surface area contributed by atoms with Gasteiger partial charge in [0.25, 0.3) is 5.89 Å². The first-order chi connectivity index (χ1) is 12.2. The van der Waals surface area contributed by atoms with E-state index in [-0.39, 0.29) is 18.7 Å². The molecule has 1 atom stereocenters. The molecule has 0 aliphatic carbocycles. The van der Waals surface area contributed by atoms with Crippen LogP contribution in [0.1, 0.15) is 31.2 Å². The van der Waals surface area contributed by atoms with Gasteiger partial charge in [-0.2, -0.15) is 4.98 Å². The molecule has 2 aromatic rings. The predicted octanol–water partition coefficient (Wildman–Crippen LogP) is 2.01. The number of rotatable bonds is 6. The maximum atomic E-state index is 12.2. The zero-order chi connectivity index (χ0) is 17.6. The first-order valence-electron chi connectivity index (χ1n) is 8.78. The minimum absolute atomic E-state index is 0.0320. The van der Waals surface area contributed by atoms with E-state index in [1.807, 2.05) is 31.2 Å². The molecule has 0 saturated carbocycles. The van der Waals surface area contributed by atoms with E-state index < -0.39 is 0 Å². The molecule has 0 radical (unpaired) electrons. The number of aromatic nitrogens is 2. The van der Waals surface area contributed by atoms with Gasteiger partial charge in [0.15, 0.2) is 5.82 Å². The third-order valence-corrected chi connectivity index (χ3v) is 4.52. The molecule has 134 valence electrons. The number of carbonyl (C=O) groups excluding carboxylic acids is 1. The summed E-state index contributed by atoms with van der Waals surface area (Å²) >= 11 is 0. The van der Waals surface area contributed by atoms with E-state index >= 15 is 0 Å². The van der Waals surface area contributed by atoms with E-state index in [2.05, 4.69) is 15.5 Å². The van der Waals surface area contributed by atoms with Gasteiger partial charge in [-0.1, -0.05) is 24.2 Å². The van der Waals surface area contributed by atoms with Gasteiger partial charge in [0.2, 0.25) is 0 Å². The lowest BCUT2D eigenvalue weighted by Gasteiger charge is -2.23. The maximum absolute atomic E-state index is 12.2. The van der Waals surface area contributed by atoms with Gasteiger partial charge >= 0.3 is 6.03 Å². The summed E-state index contributed by atoms with van der Waals surface area (Å²) in [5.74, 6) is 1.23. The van der Waals surface area contributed by atoms with Crippen LogP contribution < -0.4 is 5.32 Å². The minimum atomic E-state index is -0.0916. The summed E-state index contributed by atoms with van der Waals surface area (Å²) in [6, 6.07) is 7.78. The molecule has 3 rings (SSSR count). The van der Waals surface area contributed by atoms with Crippen molar-refractivity contribution in [1.29, 1.82) is 0 Å². The van der Waals surface area contributed by atoms with E-state index in [1.54, 1.807) is 4.90 Å². The molecular formula is C18H24N4O3. The molecule has 2 amide bonds. The molecular weight excluding hydrogens is 320 g/mol. The van der Waals surface area contributed by atoms with Crippen molar-refractivity contribution >= 4 is 6.03 Å². The summed E-state index contributed by atoms with van der Waals surface area (Å²) in [4.78, 5) is 18.2. The third-order valence-electron chi connectivity index (χ3n) is 4.52. The molecule has 1 fully saturated rings. The van der Waals surface area contributed by atoms with Gasteiger partial charge in [-0.05, 0) is 37.0 Å². The van der Waals surface area contributed by atoms with Crippen molar-refractivity contribution in [2.24, 2.45) is 0 Å². The molecule has 7 heteroatoms. The zero-order valence-corrected chi connectivity index (χ0v) is 14.4. The Labute approximate surface area is 147 Å². The topological polar surface area (TPSA) is 91.5 Å². The monoisotopic (exact) mass is 344 g/mol. The number of nitrogens with one attached hydrogen (secondary N) is 1. The van der Waals surface area contributed by atoms with Crippen molar-refractivity contribution < 1.29 is 14.4 Å². The van der Waals surface area contributed by atoms with Crippen molar-refractivity contribution in [3.8, 4) is 11.5 Å². The van der Waals surface area contributed by atoms with Crippen LogP contribution in [0, 0.1) is 0 Å². The fourth-order valence-electron chi connectivity index (χ4n) is 3.04. The molecule has 1 aromatic heterocycles. The van der Waals surface area contributed by atoms with E-state index in [0.29, 0.717) is 18.3 Å². The number of aryl methyl sites for hydroxylation is 1. The third kappa shape index (κ3) is 4.17. The molecule has 2 heterocycles.